The molecule has 1 aromatic rings. The normalized spacial score (nSPS) is 20.7. The molecule has 0 bridgehead atoms. The van der Waals surface area contributed by atoms with Gasteiger partial charge in [-0.15, -0.1) is 0 Å². The number of hydrogen-bond donors (Lipinski definition) is 0. The standard InChI is InChI=1S/C10H11NO2S/c12-9(8-4-2-1-3-5-8)13-10-11-6-7-14-10/h1-2,6-8H,3-5H2. The van der Waals surface area contributed by atoms with Gasteiger partial charge in [0.25, 0.3) is 5.19 Å². The van der Waals surface area contributed by atoms with E-state index in [1.165, 1.54) is 11.3 Å². The van der Waals surface area contributed by atoms with Crippen LogP contribution in [0.1, 0.15) is 19.3 Å². The van der Waals surface area contributed by atoms with E-state index in [0.29, 0.717) is 5.19 Å². The zero-order valence-electron chi connectivity index (χ0n) is 7.68. The summed E-state index contributed by atoms with van der Waals surface area (Å²) in [4.78, 5) is 15.5. The Kier molecular flexibility index (Phi) is 2.93. The molecule has 1 atom stereocenters. The van der Waals surface area contributed by atoms with Crippen LogP contribution in [0, 0.1) is 5.92 Å². The maximum Gasteiger partial charge on any atom is 0.316 e. The molecule has 1 unspecified atom stereocenters. The second-order valence-corrected chi connectivity index (χ2v) is 4.06. The number of carbonyl (C=O) groups excluding carboxylic acids is 1. The van der Waals surface area contributed by atoms with Crippen LogP contribution < -0.4 is 4.74 Å². The zero-order valence-corrected chi connectivity index (χ0v) is 8.50. The number of ether oxygens (including phenoxy) is 1. The highest BCUT2D eigenvalue weighted by Gasteiger charge is 2.21. The van der Waals surface area contributed by atoms with Gasteiger partial charge in [-0.1, -0.05) is 23.5 Å². The van der Waals surface area contributed by atoms with Crippen molar-refractivity contribution in [1.82, 2.24) is 4.98 Å². The van der Waals surface area contributed by atoms with Gasteiger partial charge in [-0.25, -0.2) is 4.98 Å². The third-order valence-corrected chi connectivity index (χ3v) is 2.85. The third-order valence-electron chi connectivity index (χ3n) is 2.20. The van der Waals surface area contributed by atoms with Gasteiger partial charge < -0.3 is 4.74 Å². The van der Waals surface area contributed by atoms with Crippen LogP contribution in [0.3, 0.4) is 0 Å². The van der Waals surface area contributed by atoms with Crippen molar-refractivity contribution in [3.63, 3.8) is 0 Å². The van der Waals surface area contributed by atoms with Gasteiger partial charge in [0.15, 0.2) is 0 Å². The number of rotatable bonds is 2. The van der Waals surface area contributed by atoms with Gasteiger partial charge in [0.1, 0.15) is 0 Å². The van der Waals surface area contributed by atoms with E-state index in [-0.39, 0.29) is 11.9 Å². The van der Waals surface area contributed by atoms with Gasteiger partial charge in [-0.3, -0.25) is 4.79 Å². The summed E-state index contributed by atoms with van der Waals surface area (Å²) in [5, 5.41) is 2.24. The molecular formula is C10H11NO2S. The van der Waals surface area contributed by atoms with Gasteiger partial charge >= 0.3 is 5.97 Å². The molecule has 2 rings (SSSR count). The second kappa shape index (κ2) is 4.37. The summed E-state index contributed by atoms with van der Waals surface area (Å²) < 4.78 is 5.13. The van der Waals surface area contributed by atoms with Crippen molar-refractivity contribution in [3.05, 3.63) is 23.7 Å². The Hall–Kier alpha value is -1.16. The summed E-state index contributed by atoms with van der Waals surface area (Å²) in [6.07, 6.45) is 8.43. The average molecular weight is 209 g/mol. The SMILES string of the molecule is O=C(Oc1nccs1)C1CC=CCC1. The number of esters is 1. The van der Waals surface area contributed by atoms with Crippen molar-refractivity contribution in [2.45, 2.75) is 19.3 Å². The minimum absolute atomic E-state index is 0.0175. The highest BCUT2D eigenvalue weighted by Crippen LogP contribution is 2.22. The number of thiazole rings is 1. The Morgan fingerprint density at radius 2 is 2.50 bits per heavy atom. The fraction of sp³-hybridized carbons (Fsp3) is 0.400. The van der Waals surface area contributed by atoms with Crippen LogP contribution in [0.2, 0.25) is 0 Å². The third kappa shape index (κ3) is 2.20. The van der Waals surface area contributed by atoms with Crippen LogP contribution in [-0.4, -0.2) is 11.0 Å². The van der Waals surface area contributed by atoms with Crippen molar-refractivity contribution in [2.75, 3.05) is 0 Å². The lowest BCUT2D eigenvalue weighted by Crippen LogP contribution is -2.21. The molecule has 0 aromatic carbocycles. The Labute approximate surface area is 86.4 Å². The summed E-state index contributed by atoms with van der Waals surface area (Å²) in [5.41, 5.74) is 0. The van der Waals surface area contributed by atoms with Crippen molar-refractivity contribution < 1.29 is 9.53 Å². The second-order valence-electron chi connectivity index (χ2n) is 3.20. The quantitative estimate of drug-likeness (QED) is 0.554. The van der Waals surface area contributed by atoms with E-state index in [1.807, 2.05) is 6.08 Å². The molecule has 0 aliphatic heterocycles. The van der Waals surface area contributed by atoms with Crippen molar-refractivity contribution in [3.8, 4) is 5.19 Å². The molecule has 1 aliphatic rings. The van der Waals surface area contributed by atoms with Crippen LogP contribution >= 0.6 is 11.3 Å². The zero-order chi connectivity index (χ0) is 9.80. The summed E-state index contributed by atoms with van der Waals surface area (Å²) in [6, 6.07) is 0. The fourth-order valence-electron chi connectivity index (χ4n) is 1.44. The van der Waals surface area contributed by atoms with Gasteiger partial charge in [-0.2, -0.15) is 0 Å². The Morgan fingerprint density at radius 1 is 1.57 bits per heavy atom. The van der Waals surface area contributed by atoms with Crippen LogP contribution in [0.25, 0.3) is 0 Å². The first-order valence-corrected chi connectivity index (χ1v) is 5.50. The number of aromatic nitrogens is 1. The maximum atomic E-state index is 11.6. The van der Waals surface area contributed by atoms with Crippen LogP contribution in [-0.2, 0) is 4.79 Å². The van der Waals surface area contributed by atoms with Crippen LogP contribution in [0.4, 0.5) is 0 Å². The van der Waals surface area contributed by atoms with E-state index in [9.17, 15) is 4.79 Å². The van der Waals surface area contributed by atoms with Gasteiger partial charge in [0.05, 0.1) is 5.92 Å². The largest absolute Gasteiger partial charge is 0.398 e. The lowest BCUT2D eigenvalue weighted by molar-refractivity contribution is -0.139. The van der Waals surface area contributed by atoms with Gasteiger partial charge in [-0.05, 0) is 19.3 Å². The van der Waals surface area contributed by atoms with Crippen molar-refractivity contribution in [2.24, 2.45) is 5.92 Å². The van der Waals surface area contributed by atoms with Crippen molar-refractivity contribution >= 4 is 17.3 Å². The molecule has 1 aliphatic carbocycles. The van der Waals surface area contributed by atoms with Crippen molar-refractivity contribution in [1.29, 1.82) is 0 Å². The number of allylic oxidation sites excluding steroid dienone is 2. The minimum Gasteiger partial charge on any atom is -0.398 e. The van der Waals surface area contributed by atoms with E-state index in [4.69, 9.17) is 4.74 Å². The number of hydrogen-bond acceptors (Lipinski definition) is 4. The van der Waals surface area contributed by atoms with E-state index in [0.717, 1.165) is 19.3 Å². The minimum atomic E-state index is -0.149. The fourth-order valence-corrected chi connectivity index (χ4v) is 1.93. The topological polar surface area (TPSA) is 39.2 Å². The van der Waals surface area contributed by atoms with Gasteiger partial charge in [0.2, 0.25) is 0 Å². The van der Waals surface area contributed by atoms with E-state index < -0.39 is 0 Å². The molecule has 4 heteroatoms. The monoisotopic (exact) mass is 209 g/mol. The van der Waals surface area contributed by atoms with E-state index in [2.05, 4.69) is 11.1 Å². The number of nitrogens with zero attached hydrogens (tertiary/aromatic N) is 1. The predicted molar refractivity (Wildman–Crippen MR) is 54.2 cm³/mol. The maximum absolute atomic E-state index is 11.6. The van der Waals surface area contributed by atoms with Crippen LogP contribution in [0.5, 0.6) is 5.19 Å². The summed E-state index contributed by atoms with van der Waals surface area (Å²) in [5.74, 6) is -0.131. The first-order valence-electron chi connectivity index (χ1n) is 4.62. The lowest BCUT2D eigenvalue weighted by Gasteiger charge is -2.14. The molecule has 14 heavy (non-hydrogen) atoms. The molecule has 0 N–H and O–H groups in total. The van der Waals surface area contributed by atoms with Gasteiger partial charge in [0, 0.05) is 11.6 Å². The Balaban J connectivity index is 1.92. The molecule has 0 saturated carbocycles. The lowest BCUT2D eigenvalue weighted by atomic mass is 9.95. The first kappa shape index (κ1) is 9.40. The highest BCUT2D eigenvalue weighted by atomic mass is 32.1. The van der Waals surface area contributed by atoms with E-state index >= 15 is 0 Å². The molecule has 0 saturated heterocycles. The van der Waals surface area contributed by atoms with E-state index in [1.54, 1.807) is 11.6 Å². The molecule has 0 radical (unpaired) electrons. The summed E-state index contributed by atoms with van der Waals surface area (Å²) in [6.45, 7) is 0. The Morgan fingerprint density at radius 3 is 3.14 bits per heavy atom. The predicted octanol–water partition coefficient (Wildman–Crippen LogP) is 2.40. The smallest absolute Gasteiger partial charge is 0.316 e. The Bertz CT molecular complexity index is 332. The molecule has 1 aromatic heterocycles. The molecule has 74 valence electrons. The molecular weight excluding hydrogens is 198 g/mol. The molecule has 1 heterocycles. The molecule has 3 nitrogen and oxygen atoms in total. The molecule has 0 spiro atoms. The molecule has 0 fully saturated rings. The first-order chi connectivity index (χ1) is 6.86. The van der Waals surface area contributed by atoms with Crippen LogP contribution in [0.15, 0.2) is 23.7 Å². The molecule has 0 amide bonds. The summed E-state index contributed by atoms with van der Waals surface area (Å²) >= 11 is 1.34. The average Bonchev–Trinajstić information content (AvgIpc) is 2.72. The highest BCUT2D eigenvalue weighted by molar-refractivity contribution is 7.11. The number of carbonyl (C=O) groups is 1. The summed E-state index contributed by atoms with van der Waals surface area (Å²) in [7, 11) is 0.